The third kappa shape index (κ3) is 4.70. The zero-order chi connectivity index (χ0) is 15.2. The second kappa shape index (κ2) is 7.41. The Hall–Kier alpha value is -1.62. The van der Waals surface area contributed by atoms with Crippen molar-refractivity contribution in [2.75, 3.05) is 19.6 Å². The highest BCUT2D eigenvalue weighted by molar-refractivity contribution is 5.94. The van der Waals surface area contributed by atoms with Crippen molar-refractivity contribution in [3.8, 4) is 5.88 Å². The van der Waals surface area contributed by atoms with Gasteiger partial charge in [0, 0.05) is 19.3 Å². The molecular weight excluding hydrogens is 266 g/mol. The van der Waals surface area contributed by atoms with Gasteiger partial charge in [0.25, 0.3) is 5.91 Å². The molecule has 0 spiro atoms. The molecule has 5 heteroatoms. The lowest BCUT2D eigenvalue weighted by molar-refractivity contribution is 0.0897. The Morgan fingerprint density at radius 3 is 2.81 bits per heavy atom. The van der Waals surface area contributed by atoms with Crippen molar-refractivity contribution >= 4 is 5.91 Å². The molecule has 0 aliphatic carbocycles. The minimum atomic E-state index is -0.493. The Bertz CT molecular complexity index is 468. The summed E-state index contributed by atoms with van der Waals surface area (Å²) in [4.78, 5) is 18.0. The molecule has 0 radical (unpaired) electrons. The van der Waals surface area contributed by atoms with E-state index in [0.717, 1.165) is 38.4 Å². The van der Waals surface area contributed by atoms with Crippen LogP contribution in [0.3, 0.4) is 0 Å². The Morgan fingerprint density at radius 2 is 2.19 bits per heavy atom. The van der Waals surface area contributed by atoms with Crippen LogP contribution >= 0.6 is 0 Å². The lowest BCUT2D eigenvalue weighted by Crippen LogP contribution is -2.39. The molecule has 116 valence electrons. The predicted octanol–water partition coefficient (Wildman–Crippen LogP) is 2.07. The Kier molecular flexibility index (Phi) is 5.56. The number of nitrogens with zero attached hydrogens (tertiary/aromatic N) is 2. The number of piperidine rings is 1. The minimum absolute atomic E-state index is 0.119. The van der Waals surface area contributed by atoms with Crippen LogP contribution in [0.4, 0.5) is 0 Å². The number of aromatic nitrogens is 1. The summed E-state index contributed by atoms with van der Waals surface area (Å²) in [5.41, 5.74) is 5.70. The minimum Gasteiger partial charge on any atom is -0.474 e. The summed E-state index contributed by atoms with van der Waals surface area (Å²) in [6.45, 7) is 7.73. The van der Waals surface area contributed by atoms with E-state index in [-0.39, 0.29) is 6.10 Å². The number of ether oxygens (including phenoxy) is 1. The molecule has 2 N–H and O–H groups in total. The molecule has 1 aliphatic heterocycles. The average Bonchev–Trinajstić information content (AvgIpc) is 2.47. The molecule has 1 amide bonds. The second-order valence-electron chi connectivity index (χ2n) is 6.06. The summed E-state index contributed by atoms with van der Waals surface area (Å²) in [5, 5.41) is 0. The van der Waals surface area contributed by atoms with Gasteiger partial charge in [-0.15, -0.1) is 0 Å². The van der Waals surface area contributed by atoms with Gasteiger partial charge in [-0.3, -0.25) is 4.79 Å². The van der Waals surface area contributed by atoms with Crippen molar-refractivity contribution in [1.29, 1.82) is 0 Å². The van der Waals surface area contributed by atoms with Crippen LogP contribution in [0.15, 0.2) is 18.3 Å². The number of nitrogens with two attached hydrogens (primary N) is 1. The van der Waals surface area contributed by atoms with E-state index in [4.69, 9.17) is 10.5 Å². The fourth-order valence-corrected chi connectivity index (χ4v) is 2.52. The van der Waals surface area contributed by atoms with Crippen LogP contribution in [0.2, 0.25) is 0 Å². The Morgan fingerprint density at radius 1 is 1.48 bits per heavy atom. The van der Waals surface area contributed by atoms with E-state index in [9.17, 15) is 4.79 Å². The third-order valence-electron chi connectivity index (χ3n) is 3.87. The lowest BCUT2D eigenvalue weighted by Gasteiger charge is -2.32. The molecule has 0 bridgehead atoms. The largest absolute Gasteiger partial charge is 0.474 e. The summed E-state index contributed by atoms with van der Waals surface area (Å²) < 4.78 is 5.88. The number of hydrogen-bond acceptors (Lipinski definition) is 4. The number of pyridine rings is 1. The van der Waals surface area contributed by atoms with Crippen molar-refractivity contribution in [2.45, 2.75) is 39.2 Å². The van der Waals surface area contributed by atoms with Gasteiger partial charge in [-0.25, -0.2) is 4.98 Å². The molecule has 1 aromatic rings. The standard InChI is InChI=1S/C16H25N3O2/c1-12(2)5-9-19-10-6-13(7-11-19)21-16-14(15(17)20)4-3-8-18-16/h3-4,8,12-13H,5-7,9-11H2,1-2H3,(H2,17,20). The molecule has 21 heavy (non-hydrogen) atoms. The highest BCUT2D eigenvalue weighted by Crippen LogP contribution is 2.20. The zero-order valence-corrected chi connectivity index (χ0v) is 12.9. The Labute approximate surface area is 126 Å². The first kappa shape index (κ1) is 15.8. The van der Waals surface area contributed by atoms with Gasteiger partial charge < -0.3 is 15.4 Å². The van der Waals surface area contributed by atoms with Gasteiger partial charge in [-0.05, 0) is 43.9 Å². The maximum absolute atomic E-state index is 11.4. The van der Waals surface area contributed by atoms with Crippen LogP contribution in [0.25, 0.3) is 0 Å². The van der Waals surface area contributed by atoms with E-state index in [2.05, 4.69) is 23.7 Å². The van der Waals surface area contributed by atoms with Crippen molar-refractivity contribution in [1.82, 2.24) is 9.88 Å². The molecule has 0 unspecified atom stereocenters. The quantitative estimate of drug-likeness (QED) is 0.871. The van der Waals surface area contributed by atoms with Gasteiger partial charge >= 0.3 is 0 Å². The Balaban J connectivity index is 1.85. The molecule has 5 nitrogen and oxygen atoms in total. The first-order valence-electron chi connectivity index (χ1n) is 7.70. The van der Waals surface area contributed by atoms with Crippen LogP contribution in [0.5, 0.6) is 5.88 Å². The van der Waals surface area contributed by atoms with Crippen LogP contribution < -0.4 is 10.5 Å². The predicted molar refractivity (Wildman–Crippen MR) is 82.3 cm³/mol. The monoisotopic (exact) mass is 291 g/mol. The number of carbonyl (C=O) groups is 1. The summed E-state index contributed by atoms with van der Waals surface area (Å²) in [6, 6.07) is 3.35. The van der Waals surface area contributed by atoms with E-state index < -0.39 is 5.91 Å². The topological polar surface area (TPSA) is 68.4 Å². The normalized spacial score (nSPS) is 17.1. The van der Waals surface area contributed by atoms with Gasteiger partial charge in [0.2, 0.25) is 5.88 Å². The fraction of sp³-hybridized carbons (Fsp3) is 0.625. The van der Waals surface area contributed by atoms with Crippen molar-refractivity contribution in [3.05, 3.63) is 23.9 Å². The van der Waals surface area contributed by atoms with Crippen LogP contribution in [-0.2, 0) is 0 Å². The van der Waals surface area contributed by atoms with Crippen LogP contribution in [0.1, 0.15) is 43.5 Å². The number of hydrogen-bond donors (Lipinski definition) is 1. The molecule has 1 fully saturated rings. The zero-order valence-electron chi connectivity index (χ0n) is 12.9. The van der Waals surface area contributed by atoms with Crippen molar-refractivity contribution < 1.29 is 9.53 Å². The highest BCUT2D eigenvalue weighted by atomic mass is 16.5. The summed E-state index contributed by atoms with van der Waals surface area (Å²) in [7, 11) is 0. The van der Waals surface area contributed by atoms with Gasteiger partial charge in [0.15, 0.2) is 0 Å². The number of likely N-dealkylation sites (tertiary alicyclic amines) is 1. The van der Waals surface area contributed by atoms with E-state index in [1.54, 1.807) is 18.3 Å². The van der Waals surface area contributed by atoms with Crippen LogP contribution in [-0.4, -0.2) is 41.5 Å². The van der Waals surface area contributed by atoms with E-state index in [1.165, 1.54) is 6.42 Å². The van der Waals surface area contributed by atoms with Crippen LogP contribution in [0, 0.1) is 5.92 Å². The van der Waals surface area contributed by atoms with E-state index in [0.29, 0.717) is 11.4 Å². The summed E-state index contributed by atoms with van der Waals surface area (Å²) in [6.07, 6.45) is 4.91. The first-order chi connectivity index (χ1) is 10.1. The lowest BCUT2D eigenvalue weighted by atomic mass is 10.1. The number of rotatable bonds is 6. The van der Waals surface area contributed by atoms with Gasteiger partial charge in [0.1, 0.15) is 11.7 Å². The molecule has 1 aliphatic rings. The number of primary amides is 1. The number of carbonyl (C=O) groups excluding carboxylic acids is 1. The molecule has 0 atom stereocenters. The third-order valence-corrected chi connectivity index (χ3v) is 3.87. The van der Waals surface area contributed by atoms with Gasteiger partial charge in [-0.2, -0.15) is 0 Å². The van der Waals surface area contributed by atoms with Gasteiger partial charge in [0.05, 0.1) is 0 Å². The van der Waals surface area contributed by atoms with Crippen molar-refractivity contribution in [3.63, 3.8) is 0 Å². The van der Waals surface area contributed by atoms with Crippen molar-refractivity contribution in [2.24, 2.45) is 11.7 Å². The fourth-order valence-electron chi connectivity index (χ4n) is 2.52. The van der Waals surface area contributed by atoms with E-state index >= 15 is 0 Å². The SMILES string of the molecule is CC(C)CCN1CCC(Oc2ncccc2C(N)=O)CC1. The molecule has 2 heterocycles. The molecule has 0 saturated carbocycles. The molecule has 0 aromatic carbocycles. The molecule has 2 rings (SSSR count). The average molecular weight is 291 g/mol. The maximum atomic E-state index is 11.4. The molecular formula is C16H25N3O2. The molecule has 1 aromatic heterocycles. The number of amides is 1. The summed E-state index contributed by atoms with van der Waals surface area (Å²) in [5.74, 6) is 0.615. The highest BCUT2D eigenvalue weighted by Gasteiger charge is 2.22. The summed E-state index contributed by atoms with van der Waals surface area (Å²) >= 11 is 0. The smallest absolute Gasteiger partial charge is 0.254 e. The first-order valence-corrected chi connectivity index (χ1v) is 7.70. The molecule has 1 saturated heterocycles. The maximum Gasteiger partial charge on any atom is 0.254 e. The second-order valence-corrected chi connectivity index (χ2v) is 6.06. The van der Waals surface area contributed by atoms with Gasteiger partial charge in [-0.1, -0.05) is 13.8 Å². The van der Waals surface area contributed by atoms with E-state index in [1.807, 2.05) is 0 Å².